The van der Waals surface area contributed by atoms with Crippen LogP contribution in [0.25, 0.3) is 12.2 Å². The molecular formula is C14H10O2. The van der Waals surface area contributed by atoms with Crippen LogP contribution in [-0.2, 0) is 0 Å². The number of phenols is 1. The molecule has 0 fully saturated rings. The molecular weight excluding hydrogens is 200 g/mol. The lowest BCUT2D eigenvalue weighted by Crippen LogP contribution is -1.71. The molecule has 1 N–H and O–H groups in total. The van der Waals surface area contributed by atoms with E-state index in [1.54, 1.807) is 12.1 Å². The van der Waals surface area contributed by atoms with Crippen molar-refractivity contribution < 1.29 is 9.84 Å². The minimum Gasteiger partial charge on any atom is -0.507 e. The van der Waals surface area contributed by atoms with Crippen LogP contribution < -0.4 is 4.74 Å². The molecule has 2 aromatic rings. The maximum atomic E-state index is 9.67. The van der Waals surface area contributed by atoms with E-state index in [1.807, 2.05) is 42.5 Å². The standard InChI is InChI=1S/C14H10O2/c15-12-8-9-13-14(16-13)11(12)7-6-10-4-2-1-3-5-10/h1-9,15H/b7-6+. The molecule has 0 amide bonds. The number of rotatable bonds is 2. The van der Waals surface area contributed by atoms with Crippen molar-refractivity contribution >= 4 is 12.2 Å². The number of benzene rings is 2. The molecule has 2 nitrogen and oxygen atoms in total. The van der Waals surface area contributed by atoms with Gasteiger partial charge in [-0.1, -0.05) is 36.4 Å². The van der Waals surface area contributed by atoms with E-state index in [2.05, 4.69) is 0 Å². The highest BCUT2D eigenvalue weighted by Gasteiger charge is 2.25. The summed E-state index contributed by atoms with van der Waals surface area (Å²) in [7, 11) is 0. The summed E-state index contributed by atoms with van der Waals surface area (Å²) in [6, 6.07) is 13.4. The molecule has 1 aliphatic rings. The highest BCUT2D eigenvalue weighted by molar-refractivity contribution is 5.81. The van der Waals surface area contributed by atoms with E-state index in [0.29, 0.717) is 0 Å². The van der Waals surface area contributed by atoms with E-state index < -0.39 is 0 Å². The molecule has 16 heavy (non-hydrogen) atoms. The van der Waals surface area contributed by atoms with Gasteiger partial charge in [0.15, 0.2) is 11.5 Å². The molecule has 1 heterocycles. The Bertz CT molecular complexity index is 553. The van der Waals surface area contributed by atoms with Gasteiger partial charge in [-0.15, -0.1) is 0 Å². The van der Waals surface area contributed by atoms with Crippen LogP contribution in [0.1, 0.15) is 11.1 Å². The maximum Gasteiger partial charge on any atom is 0.181 e. The lowest BCUT2D eigenvalue weighted by molar-refractivity contribution is 0.474. The lowest BCUT2D eigenvalue weighted by Gasteiger charge is -1.94. The molecule has 2 heteroatoms. The van der Waals surface area contributed by atoms with Crippen molar-refractivity contribution in [3.63, 3.8) is 0 Å². The number of hydrogen-bond acceptors (Lipinski definition) is 2. The Balaban J connectivity index is 1.94. The second kappa shape index (κ2) is 3.42. The van der Waals surface area contributed by atoms with Crippen molar-refractivity contribution in [3.8, 4) is 17.2 Å². The van der Waals surface area contributed by atoms with Crippen molar-refractivity contribution in [2.24, 2.45) is 0 Å². The van der Waals surface area contributed by atoms with Gasteiger partial charge in [-0.2, -0.15) is 0 Å². The summed E-state index contributed by atoms with van der Waals surface area (Å²) < 4.78 is 5.23. The molecule has 0 saturated carbocycles. The third-order valence-corrected chi connectivity index (χ3v) is 2.55. The smallest absolute Gasteiger partial charge is 0.181 e. The molecule has 0 bridgehead atoms. The normalized spacial score (nSPS) is 12.2. The van der Waals surface area contributed by atoms with Crippen molar-refractivity contribution in [1.29, 1.82) is 0 Å². The van der Waals surface area contributed by atoms with Crippen molar-refractivity contribution in [1.82, 2.24) is 0 Å². The van der Waals surface area contributed by atoms with Gasteiger partial charge in [0.1, 0.15) is 5.75 Å². The first-order chi connectivity index (χ1) is 7.84. The van der Waals surface area contributed by atoms with Gasteiger partial charge in [0.25, 0.3) is 0 Å². The molecule has 0 spiro atoms. The second-order valence-corrected chi connectivity index (χ2v) is 3.67. The molecule has 0 aromatic heterocycles. The van der Waals surface area contributed by atoms with Crippen LogP contribution in [0.4, 0.5) is 0 Å². The molecule has 1 aliphatic heterocycles. The Morgan fingerprint density at radius 2 is 1.75 bits per heavy atom. The van der Waals surface area contributed by atoms with Crippen LogP contribution in [0, 0.1) is 0 Å². The summed E-state index contributed by atoms with van der Waals surface area (Å²) >= 11 is 0. The number of hydrogen-bond donors (Lipinski definition) is 1. The van der Waals surface area contributed by atoms with E-state index >= 15 is 0 Å². The minimum absolute atomic E-state index is 0.253. The largest absolute Gasteiger partial charge is 0.507 e. The first-order valence-electron chi connectivity index (χ1n) is 5.11. The van der Waals surface area contributed by atoms with Crippen LogP contribution in [0.5, 0.6) is 17.2 Å². The highest BCUT2D eigenvalue weighted by atomic mass is 16.6. The van der Waals surface area contributed by atoms with Crippen LogP contribution >= 0.6 is 0 Å². The van der Waals surface area contributed by atoms with E-state index in [0.717, 1.165) is 22.6 Å². The lowest BCUT2D eigenvalue weighted by atomic mass is 10.1. The first-order valence-corrected chi connectivity index (χ1v) is 5.11. The van der Waals surface area contributed by atoms with Crippen LogP contribution in [0.15, 0.2) is 42.5 Å². The Hall–Kier alpha value is -2.22. The first kappa shape index (κ1) is 9.04. The van der Waals surface area contributed by atoms with E-state index in [9.17, 15) is 5.11 Å². The Labute approximate surface area is 93.4 Å². The van der Waals surface area contributed by atoms with Crippen LogP contribution in [0.2, 0.25) is 0 Å². The van der Waals surface area contributed by atoms with Gasteiger partial charge in [0.05, 0.1) is 5.56 Å². The van der Waals surface area contributed by atoms with Crippen molar-refractivity contribution in [3.05, 3.63) is 53.6 Å². The summed E-state index contributed by atoms with van der Waals surface area (Å²) in [4.78, 5) is 0. The zero-order valence-electron chi connectivity index (χ0n) is 8.55. The zero-order valence-corrected chi connectivity index (χ0v) is 8.55. The van der Waals surface area contributed by atoms with Gasteiger partial charge < -0.3 is 9.84 Å². The summed E-state index contributed by atoms with van der Waals surface area (Å²) in [6.07, 6.45) is 3.83. The van der Waals surface area contributed by atoms with Crippen molar-refractivity contribution in [2.45, 2.75) is 0 Å². The number of fused-ring (bicyclic) bond motifs is 1. The molecule has 0 atom stereocenters. The minimum atomic E-state index is 0.253. The molecule has 0 saturated heterocycles. The van der Waals surface area contributed by atoms with E-state index in [4.69, 9.17) is 4.74 Å². The van der Waals surface area contributed by atoms with Crippen molar-refractivity contribution in [2.75, 3.05) is 0 Å². The third kappa shape index (κ3) is 1.54. The fraction of sp³-hybridized carbons (Fsp3) is 0. The average Bonchev–Trinajstić information content (AvgIpc) is 3.08. The summed E-state index contributed by atoms with van der Waals surface area (Å²) in [5.74, 6) is 1.89. The molecule has 0 radical (unpaired) electrons. The number of ether oxygens (including phenoxy) is 1. The number of phenolic OH excluding ortho intramolecular Hbond substituents is 1. The second-order valence-electron chi connectivity index (χ2n) is 3.67. The summed E-state index contributed by atoms with van der Waals surface area (Å²) in [5.41, 5.74) is 1.85. The zero-order chi connectivity index (χ0) is 11.0. The SMILES string of the molecule is Oc1ccc2c(c1/C=C/c1ccccc1)O2. The Morgan fingerprint density at radius 1 is 0.938 bits per heavy atom. The van der Waals surface area contributed by atoms with Gasteiger partial charge in [-0.3, -0.25) is 0 Å². The van der Waals surface area contributed by atoms with Gasteiger partial charge in [0, 0.05) is 0 Å². The van der Waals surface area contributed by atoms with Gasteiger partial charge >= 0.3 is 0 Å². The Morgan fingerprint density at radius 3 is 2.56 bits per heavy atom. The number of aromatic hydroxyl groups is 1. The van der Waals surface area contributed by atoms with Crippen LogP contribution in [-0.4, -0.2) is 5.11 Å². The van der Waals surface area contributed by atoms with E-state index in [1.165, 1.54) is 0 Å². The molecule has 0 aliphatic carbocycles. The van der Waals surface area contributed by atoms with Gasteiger partial charge in [-0.25, -0.2) is 0 Å². The molecule has 3 rings (SSSR count). The fourth-order valence-electron chi connectivity index (χ4n) is 1.65. The fourth-order valence-corrected chi connectivity index (χ4v) is 1.65. The predicted octanol–water partition coefficient (Wildman–Crippen LogP) is 3.67. The molecule has 2 aromatic carbocycles. The third-order valence-electron chi connectivity index (χ3n) is 2.55. The summed E-state index contributed by atoms with van der Waals surface area (Å²) in [5, 5.41) is 9.67. The van der Waals surface area contributed by atoms with Gasteiger partial charge in [0.2, 0.25) is 0 Å². The average molecular weight is 210 g/mol. The van der Waals surface area contributed by atoms with E-state index in [-0.39, 0.29) is 5.75 Å². The molecule has 78 valence electrons. The topological polar surface area (TPSA) is 32.8 Å². The molecule has 0 unspecified atom stereocenters. The van der Waals surface area contributed by atoms with Gasteiger partial charge in [-0.05, 0) is 23.8 Å². The summed E-state index contributed by atoms with van der Waals surface area (Å²) in [6.45, 7) is 0. The Kier molecular flexibility index (Phi) is 1.93. The monoisotopic (exact) mass is 210 g/mol. The predicted molar refractivity (Wildman–Crippen MR) is 63.6 cm³/mol. The highest BCUT2D eigenvalue weighted by Crippen LogP contribution is 2.51. The van der Waals surface area contributed by atoms with Crippen LogP contribution in [0.3, 0.4) is 0 Å². The maximum absolute atomic E-state index is 9.67. The quantitative estimate of drug-likeness (QED) is 0.517.